The number of rotatable bonds is 5. The van der Waals surface area contributed by atoms with E-state index in [0.29, 0.717) is 0 Å². The number of thiophene rings is 2. The fourth-order valence-corrected chi connectivity index (χ4v) is 4.74. The first-order valence-corrected chi connectivity index (χ1v) is 8.72. The molecule has 0 fully saturated rings. The van der Waals surface area contributed by atoms with Gasteiger partial charge >= 0.3 is 0 Å². The zero-order chi connectivity index (χ0) is 13.1. The first-order chi connectivity index (χ1) is 8.63. The number of nitrogens with one attached hydrogen (secondary N) is 1. The summed E-state index contributed by atoms with van der Waals surface area (Å²) in [4.78, 5) is 2.52. The third-order valence-electron chi connectivity index (χ3n) is 2.67. The summed E-state index contributed by atoms with van der Waals surface area (Å²) in [6.45, 7) is 5.29. The molecule has 0 amide bonds. The Labute approximate surface area is 129 Å². The minimum absolute atomic E-state index is 0.215. The van der Waals surface area contributed by atoms with Crippen LogP contribution in [0.2, 0.25) is 5.02 Å². The maximum absolute atomic E-state index is 6.27. The summed E-state index contributed by atoms with van der Waals surface area (Å²) in [6.07, 6.45) is 1.12. The fourth-order valence-electron chi connectivity index (χ4n) is 1.75. The molecule has 0 aromatic carbocycles. The molecule has 0 saturated carbocycles. The standard InChI is InChI=1S/C13H15BrClNS2/c1-3-5-16-11(12-9(15)4-6-17-12)10-7-8(2)13(14)18-10/h4,6-7,11,16H,3,5H2,1-2H3. The molecule has 2 aromatic heterocycles. The molecule has 0 aliphatic rings. The summed E-state index contributed by atoms with van der Waals surface area (Å²) in [5, 5.41) is 6.49. The third kappa shape index (κ3) is 3.17. The van der Waals surface area contributed by atoms with Crippen molar-refractivity contribution in [2.75, 3.05) is 6.54 Å². The van der Waals surface area contributed by atoms with E-state index in [4.69, 9.17) is 11.6 Å². The van der Waals surface area contributed by atoms with Crippen LogP contribution in [-0.4, -0.2) is 6.54 Å². The van der Waals surface area contributed by atoms with Crippen molar-refractivity contribution >= 4 is 50.2 Å². The predicted octanol–water partition coefficient (Wildman–Crippen LogP) is 5.62. The van der Waals surface area contributed by atoms with Crippen LogP contribution in [0.15, 0.2) is 21.3 Å². The molecule has 0 radical (unpaired) electrons. The quantitative estimate of drug-likeness (QED) is 0.725. The van der Waals surface area contributed by atoms with E-state index in [-0.39, 0.29) is 6.04 Å². The van der Waals surface area contributed by atoms with E-state index >= 15 is 0 Å². The Kier molecular flexibility index (Phi) is 5.27. The lowest BCUT2D eigenvalue weighted by Gasteiger charge is -2.16. The van der Waals surface area contributed by atoms with Crippen LogP contribution >= 0.6 is 50.2 Å². The molecule has 1 unspecified atom stereocenters. The van der Waals surface area contributed by atoms with Gasteiger partial charge in [0, 0.05) is 9.75 Å². The lowest BCUT2D eigenvalue weighted by Crippen LogP contribution is -2.21. The first-order valence-electron chi connectivity index (χ1n) is 5.85. The molecule has 0 bridgehead atoms. The highest BCUT2D eigenvalue weighted by atomic mass is 79.9. The van der Waals surface area contributed by atoms with Gasteiger partial charge in [0.2, 0.25) is 0 Å². The van der Waals surface area contributed by atoms with Crippen LogP contribution in [0, 0.1) is 6.92 Å². The number of aryl methyl sites for hydroxylation is 1. The minimum atomic E-state index is 0.215. The van der Waals surface area contributed by atoms with Crippen molar-refractivity contribution in [1.29, 1.82) is 0 Å². The van der Waals surface area contributed by atoms with E-state index in [1.165, 1.54) is 19.1 Å². The lowest BCUT2D eigenvalue weighted by atomic mass is 10.2. The van der Waals surface area contributed by atoms with Gasteiger partial charge in [-0.2, -0.15) is 0 Å². The van der Waals surface area contributed by atoms with E-state index in [0.717, 1.165) is 18.0 Å². The van der Waals surface area contributed by atoms with E-state index in [9.17, 15) is 0 Å². The Morgan fingerprint density at radius 2 is 2.28 bits per heavy atom. The van der Waals surface area contributed by atoms with Gasteiger partial charge in [-0.1, -0.05) is 18.5 Å². The van der Waals surface area contributed by atoms with Gasteiger partial charge in [-0.15, -0.1) is 22.7 Å². The summed E-state index contributed by atoms with van der Waals surface area (Å²) < 4.78 is 1.20. The van der Waals surface area contributed by atoms with Gasteiger partial charge in [0.05, 0.1) is 14.9 Å². The van der Waals surface area contributed by atoms with E-state index in [1.807, 2.05) is 11.4 Å². The largest absolute Gasteiger partial charge is 0.305 e. The van der Waals surface area contributed by atoms with Gasteiger partial charge in [0.1, 0.15) is 0 Å². The summed E-state index contributed by atoms with van der Waals surface area (Å²) in [5.41, 5.74) is 1.28. The topological polar surface area (TPSA) is 12.0 Å². The first kappa shape index (κ1) is 14.5. The van der Waals surface area contributed by atoms with E-state index in [2.05, 4.69) is 41.2 Å². The van der Waals surface area contributed by atoms with Crippen molar-refractivity contribution < 1.29 is 0 Å². The number of halogens is 2. The molecule has 1 N–H and O–H groups in total. The highest BCUT2D eigenvalue weighted by Crippen LogP contribution is 2.38. The summed E-state index contributed by atoms with van der Waals surface area (Å²) >= 11 is 13.4. The Balaban J connectivity index is 2.33. The van der Waals surface area contributed by atoms with Crippen LogP contribution in [0.25, 0.3) is 0 Å². The summed E-state index contributed by atoms with van der Waals surface area (Å²) in [5.74, 6) is 0. The monoisotopic (exact) mass is 363 g/mol. The molecule has 0 spiro atoms. The Morgan fingerprint density at radius 3 is 2.78 bits per heavy atom. The van der Waals surface area contributed by atoms with Gasteiger partial charge < -0.3 is 5.32 Å². The Morgan fingerprint density at radius 1 is 1.50 bits per heavy atom. The average Bonchev–Trinajstić information content (AvgIpc) is 2.88. The Hall–Kier alpha value is 0.130. The van der Waals surface area contributed by atoms with Crippen LogP contribution < -0.4 is 5.32 Å². The van der Waals surface area contributed by atoms with Gasteiger partial charge in [0.15, 0.2) is 0 Å². The maximum Gasteiger partial charge on any atom is 0.0780 e. The summed E-state index contributed by atoms with van der Waals surface area (Å²) in [7, 11) is 0. The summed E-state index contributed by atoms with van der Waals surface area (Å²) in [6, 6.07) is 4.42. The molecular formula is C13H15BrClNS2. The average molecular weight is 365 g/mol. The van der Waals surface area contributed by atoms with Gasteiger partial charge in [0.25, 0.3) is 0 Å². The molecule has 0 aliphatic carbocycles. The number of hydrogen-bond acceptors (Lipinski definition) is 3. The van der Waals surface area contributed by atoms with Crippen LogP contribution in [0.4, 0.5) is 0 Å². The fraction of sp³-hybridized carbons (Fsp3) is 0.385. The lowest BCUT2D eigenvalue weighted by molar-refractivity contribution is 0.613. The van der Waals surface area contributed by atoms with Crippen molar-refractivity contribution in [2.24, 2.45) is 0 Å². The number of hydrogen-bond donors (Lipinski definition) is 1. The molecule has 1 atom stereocenters. The molecule has 2 aromatic rings. The van der Waals surface area contributed by atoms with Gasteiger partial charge in [-0.25, -0.2) is 0 Å². The molecule has 5 heteroatoms. The molecule has 1 nitrogen and oxygen atoms in total. The SMILES string of the molecule is CCCNC(c1cc(C)c(Br)s1)c1sccc1Cl. The van der Waals surface area contributed by atoms with Crippen LogP contribution in [0.5, 0.6) is 0 Å². The van der Waals surface area contributed by atoms with Crippen molar-refractivity contribution in [3.8, 4) is 0 Å². The molecular weight excluding hydrogens is 350 g/mol. The highest BCUT2D eigenvalue weighted by Gasteiger charge is 2.20. The normalized spacial score (nSPS) is 12.9. The van der Waals surface area contributed by atoms with Crippen molar-refractivity contribution in [1.82, 2.24) is 5.32 Å². The molecule has 0 saturated heterocycles. The molecule has 0 aliphatic heterocycles. The highest BCUT2D eigenvalue weighted by molar-refractivity contribution is 9.11. The second-order valence-electron chi connectivity index (χ2n) is 4.13. The maximum atomic E-state index is 6.27. The molecule has 98 valence electrons. The third-order valence-corrected chi connectivity index (χ3v) is 6.29. The van der Waals surface area contributed by atoms with Crippen molar-refractivity contribution in [2.45, 2.75) is 26.3 Å². The molecule has 2 heterocycles. The molecule has 2 rings (SSSR count). The van der Waals surface area contributed by atoms with Gasteiger partial charge in [-0.3, -0.25) is 0 Å². The second kappa shape index (κ2) is 6.53. The zero-order valence-electron chi connectivity index (χ0n) is 10.3. The smallest absolute Gasteiger partial charge is 0.0780 e. The van der Waals surface area contributed by atoms with E-state index < -0.39 is 0 Å². The second-order valence-corrected chi connectivity index (χ2v) is 7.88. The van der Waals surface area contributed by atoms with Crippen LogP contribution in [0.3, 0.4) is 0 Å². The zero-order valence-corrected chi connectivity index (χ0v) is 14.3. The van der Waals surface area contributed by atoms with Gasteiger partial charge in [-0.05, 0) is 58.9 Å². The van der Waals surface area contributed by atoms with Crippen LogP contribution in [-0.2, 0) is 0 Å². The Bertz CT molecular complexity index is 501. The predicted molar refractivity (Wildman–Crippen MR) is 86.2 cm³/mol. The van der Waals surface area contributed by atoms with Crippen molar-refractivity contribution in [3.05, 3.63) is 41.6 Å². The van der Waals surface area contributed by atoms with Crippen molar-refractivity contribution in [3.63, 3.8) is 0 Å². The minimum Gasteiger partial charge on any atom is -0.305 e. The van der Waals surface area contributed by atoms with Crippen LogP contribution in [0.1, 0.15) is 34.7 Å². The molecule has 18 heavy (non-hydrogen) atoms. The van der Waals surface area contributed by atoms with E-state index in [1.54, 1.807) is 22.7 Å².